The van der Waals surface area contributed by atoms with Crippen LogP contribution in [0.25, 0.3) is 50.4 Å². The average Bonchev–Trinajstić information content (AvgIpc) is 3.63. The number of esters is 1. The minimum Gasteiger partial charge on any atom is -0.490 e. The number of aromatic nitrogens is 3. The topological polar surface area (TPSA) is 79.4 Å². The molecule has 41 heavy (non-hydrogen) atoms. The van der Waals surface area contributed by atoms with Crippen molar-refractivity contribution in [3.8, 4) is 34.3 Å². The number of carbonyl (C=O) groups is 1. The largest absolute Gasteiger partial charge is 0.490 e. The summed E-state index contributed by atoms with van der Waals surface area (Å²) in [6.07, 6.45) is 0.715. The van der Waals surface area contributed by atoms with Gasteiger partial charge in [0.15, 0.2) is 0 Å². The fourth-order valence-electron chi connectivity index (χ4n) is 4.76. The molecule has 7 heteroatoms. The zero-order chi connectivity index (χ0) is 28.4. The van der Waals surface area contributed by atoms with Gasteiger partial charge >= 0.3 is 5.97 Å². The molecule has 0 bridgehead atoms. The monoisotopic (exact) mass is 545 g/mol. The lowest BCUT2D eigenvalue weighted by molar-refractivity contribution is -0.154. The summed E-state index contributed by atoms with van der Waals surface area (Å²) in [5, 5.41) is 11.0. The molecule has 0 aliphatic carbocycles. The summed E-state index contributed by atoms with van der Waals surface area (Å²) in [6.45, 7) is 6.15. The first-order valence-electron chi connectivity index (χ1n) is 13.8. The van der Waals surface area contributed by atoms with E-state index in [9.17, 15) is 4.79 Å². The van der Waals surface area contributed by atoms with Gasteiger partial charge in [-0.3, -0.25) is 4.79 Å². The van der Waals surface area contributed by atoms with Crippen LogP contribution in [0.4, 0.5) is 0 Å². The van der Waals surface area contributed by atoms with E-state index in [4.69, 9.17) is 13.9 Å². The molecule has 0 saturated carbocycles. The van der Waals surface area contributed by atoms with Crippen LogP contribution in [0.15, 0.2) is 101 Å². The third kappa shape index (κ3) is 5.18. The maximum atomic E-state index is 12.1. The minimum absolute atomic E-state index is 0.182. The van der Waals surface area contributed by atoms with Gasteiger partial charge in [0.25, 0.3) is 0 Å². The molecule has 2 aromatic heterocycles. The normalized spacial score (nSPS) is 11.7. The van der Waals surface area contributed by atoms with Crippen molar-refractivity contribution in [2.24, 2.45) is 5.41 Å². The van der Waals surface area contributed by atoms with Gasteiger partial charge in [-0.2, -0.15) is 0 Å². The van der Waals surface area contributed by atoms with Crippen molar-refractivity contribution in [1.29, 1.82) is 0 Å². The predicted molar refractivity (Wildman–Crippen MR) is 160 cm³/mol. The first-order valence-corrected chi connectivity index (χ1v) is 13.8. The van der Waals surface area contributed by atoms with Crippen LogP contribution < -0.4 is 4.74 Å². The van der Waals surface area contributed by atoms with Crippen LogP contribution in [-0.2, 0) is 9.53 Å². The SMILES string of the molecule is CCC(C)(C)C(=O)OCCOc1cccc(-c2nnc(-c3ccc(-n4c5ccccc5c5ccccc54)cc3)o2)c1. The maximum Gasteiger partial charge on any atom is 0.311 e. The summed E-state index contributed by atoms with van der Waals surface area (Å²) in [4.78, 5) is 12.1. The maximum absolute atomic E-state index is 12.1. The Morgan fingerprint density at radius 1 is 0.780 bits per heavy atom. The van der Waals surface area contributed by atoms with Crippen molar-refractivity contribution in [2.75, 3.05) is 13.2 Å². The summed E-state index contributed by atoms with van der Waals surface area (Å²) in [5.74, 6) is 1.24. The van der Waals surface area contributed by atoms with Gasteiger partial charge in [-0.25, -0.2) is 0 Å². The molecule has 0 radical (unpaired) electrons. The Labute approximate surface area is 238 Å². The van der Waals surface area contributed by atoms with Crippen molar-refractivity contribution < 1.29 is 18.7 Å². The molecule has 0 atom stereocenters. The molecule has 206 valence electrons. The van der Waals surface area contributed by atoms with Crippen molar-refractivity contribution >= 4 is 27.8 Å². The molecule has 4 aromatic carbocycles. The third-order valence-electron chi connectivity index (χ3n) is 7.48. The molecule has 0 saturated heterocycles. The zero-order valence-electron chi connectivity index (χ0n) is 23.3. The minimum atomic E-state index is -0.499. The number of hydrogen-bond acceptors (Lipinski definition) is 6. The van der Waals surface area contributed by atoms with E-state index >= 15 is 0 Å². The molecule has 2 heterocycles. The van der Waals surface area contributed by atoms with E-state index < -0.39 is 5.41 Å². The van der Waals surface area contributed by atoms with E-state index in [-0.39, 0.29) is 19.2 Å². The van der Waals surface area contributed by atoms with Crippen LogP contribution in [0.3, 0.4) is 0 Å². The number of rotatable bonds is 9. The number of nitrogens with zero attached hydrogens (tertiary/aromatic N) is 3. The molecule has 0 aliphatic rings. The van der Waals surface area contributed by atoms with Crippen LogP contribution in [0, 0.1) is 5.41 Å². The van der Waals surface area contributed by atoms with Crippen LogP contribution in [0.5, 0.6) is 5.75 Å². The summed E-state index contributed by atoms with van der Waals surface area (Å²) in [7, 11) is 0. The van der Waals surface area contributed by atoms with Gasteiger partial charge in [-0.05, 0) is 74.9 Å². The standard InChI is InChI=1S/C34H31N3O4/c1-4-34(2,3)33(38)40-21-20-39-26-11-9-10-24(22-26)32-36-35-31(41-32)23-16-18-25(19-17-23)37-29-14-7-5-12-27(29)28-13-6-8-15-30(28)37/h5-19,22H,4,20-21H2,1-3H3. The molecule has 6 aromatic rings. The Balaban J connectivity index is 1.17. The summed E-state index contributed by atoms with van der Waals surface area (Å²) in [5.41, 5.74) is 4.45. The van der Waals surface area contributed by atoms with E-state index in [1.165, 1.54) is 10.8 Å². The molecule has 0 N–H and O–H groups in total. The molecule has 6 rings (SSSR count). The first-order chi connectivity index (χ1) is 19.9. The Morgan fingerprint density at radius 2 is 1.41 bits per heavy atom. The van der Waals surface area contributed by atoms with E-state index in [0.717, 1.165) is 27.8 Å². The molecular weight excluding hydrogens is 514 g/mol. The van der Waals surface area contributed by atoms with Gasteiger partial charge in [0.1, 0.15) is 19.0 Å². The van der Waals surface area contributed by atoms with Crippen molar-refractivity contribution in [2.45, 2.75) is 27.2 Å². The number of carbonyl (C=O) groups excluding carboxylic acids is 1. The second-order valence-electron chi connectivity index (χ2n) is 10.6. The Bertz CT molecular complexity index is 1780. The molecule has 0 fully saturated rings. The van der Waals surface area contributed by atoms with Gasteiger partial charge in [-0.1, -0.05) is 49.4 Å². The van der Waals surface area contributed by atoms with Gasteiger partial charge in [0.05, 0.1) is 16.4 Å². The van der Waals surface area contributed by atoms with E-state index in [1.807, 2.05) is 57.2 Å². The van der Waals surface area contributed by atoms with Crippen LogP contribution >= 0.6 is 0 Å². The van der Waals surface area contributed by atoms with Gasteiger partial charge in [-0.15, -0.1) is 10.2 Å². The second-order valence-corrected chi connectivity index (χ2v) is 10.6. The average molecular weight is 546 g/mol. The molecule has 0 aliphatic heterocycles. The lowest BCUT2D eigenvalue weighted by Crippen LogP contribution is -2.27. The third-order valence-corrected chi connectivity index (χ3v) is 7.48. The number of benzene rings is 4. The summed E-state index contributed by atoms with van der Waals surface area (Å²) in [6, 6.07) is 32.4. The smallest absolute Gasteiger partial charge is 0.311 e. The molecule has 0 amide bonds. The van der Waals surface area contributed by atoms with E-state index in [0.29, 0.717) is 24.0 Å². The fourth-order valence-corrected chi connectivity index (χ4v) is 4.76. The highest BCUT2D eigenvalue weighted by Crippen LogP contribution is 2.33. The highest BCUT2D eigenvalue weighted by atomic mass is 16.6. The van der Waals surface area contributed by atoms with Crippen LogP contribution in [0.1, 0.15) is 27.2 Å². The van der Waals surface area contributed by atoms with Gasteiger partial charge < -0.3 is 18.5 Å². The number of ether oxygens (including phenoxy) is 2. The van der Waals surface area contributed by atoms with Crippen molar-refractivity contribution in [3.63, 3.8) is 0 Å². The lowest BCUT2D eigenvalue weighted by Gasteiger charge is -2.20. The van der Waals surface area contributed by atoms with E-state index in [2.05, 4.69) is 75.4 Å². The van der Waals surface area contributed by atoms with E-state index in [1.54, 1.807) is 0 Å². The molecular formula is C34H31N3O4. The van der Waals surface area contributed by atoms with Gasteiger partial charge in [0, 0.05) is 27.6 Å². The first kappa shape index (κ1) is 26.3. The summed E-state index contributed by atoms with van der Waals surface area (Å²) < 4.78 is 19.5. The fraction of sp³-hybridized carbons (Fsp3) is 0.206. The highest BCUT2D eigenvalue weighted by Gasteiger charge is 2.26. The Kier molecular flexibility index (Phi) is 7.01. The van der Waals surface area contributed by atoms with Crippen LogP contribution in [-0.4, -0.2) is 33.9 Å². The van der Waals surface area contributed by atoms with Crippen molar-refractivity contribution in [3.05, 3.63) is 97.1 Å². The zero-order valence-corrected chi connectivity index (χ0v) is 23.3. The highest BCUT2D eigenvalue weighted by molar-refractivity contribution is 6.09. The quantitative estimate of drug-likeness (QED) is 0.136. The molecule has 7 nitrogen and oxygen atoms in total. The lowest BCUT2D eigenvalue weighted by atomic mass is 9.91. The number of fused-ring (bicyclic) bond motifs is 3. The van der Waals surface area contributed by atoms with Gasteiger partial charge in [0.2, 0.25) is 11.8 Å². The predicted octanol–water partition coefficient (Wildman–Crippen LogP) is 7.86. The summed E-state index contributed by atoms with van der Waals surface area (Å²) >= 11 is 0. The Morgan fingerprint density at radius 3 is 2.07 bits per heavy atom. The number of para-hydroxylation sites is 2. The van der Waals surface area contributed by atoms with Crippen molar-refractivity contribution in [1.82, 2.24) is 14.8 Å². The molecule has 0 unspecified atom stereocenters. The molecule has 0 spiro atoms. The Hall–Kier alpha value is -4.91. The van der Waals surface area contributed by atoms with Crippen LogP contribution in [0.2, 0.25) is 0 Å². The second kappa shape index (κ2) is 10.9. The number of hydrogen-bond donors (Lipinski definition) is 0.